The van der Waals surface area contributed by atoms with E-state index in [9.17, 15) is 0 Å². The number of benzene rings is 15. The third kappa shape index (κ3) is 14.9. The molecule has 686 valence electrons. The standard InChI is InChI=1S/C126H135B3N6Si2/c1-78-30-45-91(46-31-78)133-108-63-34-80(3)72-99(108)127-101-74-85(123(14,15)16)42-65-105(101)130(88-49-36-82(37-50-88)120(5,6)7)111-69-60-96(117(133)114(111)127)126(23,97-61-70-112-115-118(97)135(93-55-57-94(58-56-93)136(24,25)26)109-64-35-81(4)73-100(109)128(115)102-75-86(124(17,18)19)43-66-106(102)131(112)89-51-38-83(39-52-89)121(8,9)10)98-62-71-113-116-119(98)134(92-47-32-79(2)33-48-92)110-68-59-95(137(27,28)29)77-104(110)129(116)103-76-87(125(20,21)22)44-67-107(103)132(113)90-53-40-84(41-54-90)122(11,12)13/h30-77H,1-29H3. The minimum atomic E-state index is -2.05. The van der Waals surface area contributed by atoms with Gasteiger partial charge in [0.15, 0.2) is 0 Å². The van der Waals surface area contributed by atoms with Gasteiger partial charge in [0, 0.05) is 108 Å². The Labute approximate surface area is 821 Å². The van der Waals surface area contributed by atoms with E-state index in [4.69, 9.17) is 0 Å². The smallest absolute Gasteiger partial charge is 0.252 e. The minimum Gasteiger partial charge on any atom is -0.311 e. The molecule has 6 heterocycles. The van der Waals surface area contributed by atoms with Gasteiger partial charge in [0.05, 0.1) is 16.1 Å². The van der Waals surface area contributed by atoms with E-state index in [1.807, 2.05) is 0 Å². The van der Waals surface area contributed by atoms with Crippen molar-refractivity contribution in [2.75, 3.05) is 29.4 Å². The Morgan fingerprint density at radius 1 is 0.190 bits per heavy atom. The van der Waals surface area contributed by atoms with Crippen LogP contribution in [-0.4, -0.2) is 36.3 Å². The third-order valence-corrected chi connectivity index (χ3v) is 35.4. The Bertz CT molecular complexity index is 7400. The third-order valence-electron chi connectivity index (χ3n) is 31.3. The summed E-state index contributed by atoms with van der Waals surface area (Å²) >= 11 is 0. The Morgan fingerprint density at radius 3 is 0.672 bits per heavy atom. The molecule has 6 aliphatic heterocycles. The fourth-order valence-corrected chi connectivity index (χ4v) is 25.6. The van der Waals surface area contributed by atoms with E-state index in [0.717, 1.165) is 34.1 Å². The van der Waals surface area contributed by atoms with Crippen LogP contribution in [0.1, 0.15) is 204 Å². The second-order valence-corrected chi connectivity index (χ2v) is 59.4. The van der Waals surface area contributed by atoms with E-state index in [2.05, 4.69) is 519 Å². The zero-order valence-corrected chi connectivity index (χ0v) is 88.6. The van der Waals surface area contributed by atoms with Gasteiger partial charge in [0.2, 0.25) is 0 Å². The van der Waals surface area contributed by atoms with E-state index < -0.39 is 21.6 Å². The minimum absolute atomic E-state index is 0.0793. The number of fused-ring (bicyclic) bond motifs is 12. The number of nitrogens with zero attached hydrogens (tertiary/aromatic N) is 6. The van der Waals surface area contributed by atoms with Crippen molar-refractivity contribution >= 4 is 198 Å². The summed E-state index contributed by atoms with van der Waals surface area (Å²) in [6.45, 7) is 68.9. The molecule has 6 nitrogen and oxygen atoms in total. The van der Waals surface area contributed by atoms with Crippen LogP contribution in [0.2, 0.25) is 39.3 Å². The van der Waals surface area contributed by atoms with Gasteiger partial charge in [-0.15, -0.1) is 0 Å². The molecule has 15 aromatic carbocycles. The Kier molecular flexibility index (Phi) is 21.0. The first-order chi connectivity index (χ1) is 64.5. The highest BCUT2D eigenvalue weighted by Gasteiger charge is 2.55. The number of aryl methyl sites for hydroxylation is 4. The Hall–Kier alpha value is -12.3. The van der Waals surface area contributed by atoms with Crippen LogP contribution in [0, 0.1) is 27.7 Å². The summed E-state index contributed by atoms with van der Waals surface area (Å²) in [5, 5.41) is 2.86. The average molecular weight is 1820 g/mol. The van der Waals surface area contributed by atoms with E-state index in [-0.39, 0.29) is 52.6 Å². The van der Waals surface area contributed by atoms with E-state index in [0.29, 0.717) is 0 Å². The molecule has 0 radical (unpaired) electrons. The Morgan fingerprint density at radius 2 is 0.394 bits per heavy atom. The number of anilines is 18. The fourth-order valence-electron chi connectivity index (χ4n) is 23.3. The molecule has 137 heavy (non-hydrogen) atoms. The van der Waals surface area contributed by atoms with Crippen LogP contribution < -0.4 is 88.9 Å². The van der Waals surface area contributed by atoms with Gasteiger partial charge in [0.25, 0.3) is 20.1 Å². The molecule has 0 N–H and O–H groups in total. The van der Waals surface area contributed by atoms with Gasteiger partial charge in [-0.05, 0) is 294 Å². The van der Waals surface area contributed by atoms with Crippen molar-refractivity contribution < 1.29 is 0 Å². The maximum Gasteiger partial charge on any atom is 0.252 e. The molecular weight excluding hydrogens is 1690 g/mol. The first kappa shape index (κ1) is 91.2. The molecule has 0 aliphatic carbocycles. The van der Waals surface area contributed by atoms with Crippen LogP contribution in [0.4, 0.5) is 102 Å². The van der Waals surface area contributed by atoms with Crippen LogP contribution in [0.25, 0.3) is 0 Å². The quantitative estimate of drug-likeness (QED) is 0.0943. The van der Waals surface area contributed by atoms with Gasteiger partial charge in [-0.25, -0.2) is 0 Å². The normalized spacial score (nSPS) is 14.8. The van der Waals surface area contributed by atoms with Crippen molar-refractivity contribution in [1.29, 1.82) is 0 Å². The predicted octanol–water partition coefficient (Wildman–Crippen LogP) is 27.4. The summed E-state index contributed by atoms with van der Waals surface area (Å²) in [4.78, 5) is 16.3. The van der Waals surface area contributed by atoms with Crippen molar-refractivity contribution in [2.45, 2.75) is 236 Å². The first-order valence-corrected chi connectivity index (χ1v) is 57.2. The molecular formula is C126H135B3N6Si2. The molecule has 1 unspecified atom stereocenters. The molecule has 0 spiro atoms. The van der Waals surface area contributed by atoms with E-state index in [1.54, 1.807) is 0 Å². The highest BCUT2D eigenvalue weighted by atomic mass is 28.3. The van der Waals surface area contributed by atoms with Crippen LogP contribution >= 0.6 is 0 Å². The highest BCUT2D eigenvalue weighted by molar-refractivity contribution is 7.02. The molecule has 0 fully saturated rings. The molecule has 0 bridgehead atoms. The van der Waals surface area contributed by atoms with Crippen molar-refractivity contribution in [3.63, 3.8) is 0 Å². The molecule has 0 saturated carbocycles. The molecule has 0 aromatic heterocycles. The van der Waals surface area contributed by atoms with Gasteiger partial charge in [0.1, 0.15) is 0 Å². The largest absolute Gasteiger partial charge is 0.311 e. The van der Waals surface area contributed by atoms with E-state index in [1.165, 1.54) is 200 Å². The van der Waals surface area contributed by atoms with Crippen molar-refractivity contribution in [3.05, 3.63) is 364 Å². The highest BCUT2D eigenvalue weighted by Crippen LogP contribution is 2.60. The average Bonchev–Trinajstić information content (AvgIpc) is 0.668. The molecule has 0 amide bonds. The monoisotopic (exact) mass is 1820 g/mol. The molecule has 15 aromatic rings. The van der Waals surface area contributed by atoms with Crippen molar-refractivity contribution in [3.8, 4) is 0 Å². The number of hydrogen-bond acceptors (Lipinski definition) is 6. The van der Waals surface area contributed by atoms with Crippen molar-refractivity contribution in [1.82, 2.24) is 0 Å². The summed E-state index contributed by atoms with van der Waals surface area (Å²) in [7, 11) is -3.95. The zero-order valence-electron chi connectivity index (χ0n) is 86.6. The van der Waals surface area contributed by atoms with Gasteiger partial charge in [-0.3, -0.25) is 0 Å². The summed E-state index contributed by atoms with van der Waals surface area (Å²) in [5.41, 5.74) is 46.9. The second kappa shape index (κ2) is 31.6. The SMILES string of the molecule is Cc1ccc(N2c3ccc(C)cc3B3c4cc(C(C)(C)C)ccc4N(c4ccc(C(C)(C)C)cc4)c4ccc(C(C)(c5ccc6c7c5N(c5ccc([Si](C)(C)C)cc5)c5ccc(C)cc5B7c5cc(C(C)(C)C)ccc5N6c5ccc(C(C)(C)C)cc5)c5ccc6c7c5N(c5ccc(C)cc5)c5ccc([Si](C)(C)C)cc5B7c5cc(C(C)(C)C)ccc5N6c5ccc(C(C)(C)C)cc5)c2c43)cc1. The summed E-state index contributed by atoms with van der Waals surface area (Å²) in [5.74, 6) is 0. The summed E-state index contributed by atoms with van der Waals surface area (Å²) in [6, 6.07) is 119. The van der Waals surface area contributed by atoms with Crippen LogP contribution in [0.5, 0.6) is 0 Å². The van der Waals surface area contributed by atoms with Crippen molar-refractivity contribution in [2.24, 2.45) is 0 Å². The lowest BCUT2D eigenvalue weighted by Crippen LogP contribution is -2.63. The maximum absolute atomic E-state index is 2.78. The molecule has 21 rings (SSSR count). The fraction of sp³-hybridized carbons (Fsp3) is 0.286. The first-order valence-electron chi connectivity index (χ1n) is 50.2. The second-order valence-electron chi connectivity index (χ2n) is 49.2. The summed E-state index contributed by atoms with van der Waals surface area (Å²) < 4.78 is 0. The molecule has 11 heteroatoms. The molecule has 6 aliphatic rings. The Balaban J connectivity index is 1.01. The predicted molar refractivity (Wildman–Crippen MR) is 604 cm³/mol. The van der Waals surface area contributed by atoms with Gasteiger partial charge >= 0.3 is 0 Å². The topological polar surface area (TPSA) is 19.4 Å². The summed E-state index contributed by atoms with van der Waals surface area (Å²) in [6.07, 6.45) is 0. The lowest BCUT2D eigenvalue weighted by Gasteiger charge is -2.51. The van der Waals surface area contributed by atoms with Gasteiger partial charge in [-0.2, -0.15) is 0 Å². The lowest BCUT2D eigenvalue weighted by molar-refractivity contribution is 0.590. The molecule has 0 saturated heterocycles. The lowest BCUT2D eigenvalue weighted by atomic mass is 9.32. The van der Waals surface area contributed by atoms with E-state index >= 15 is 0 Å². The number of rotatable bonds is 11. The van der Waals surface area contributed by atoms with Crippen LogP contribution in [0.3, 0.4) is 0 Å². The van der Waals surface area contributed by atoms with Gasteiger partial charge < -0.3 is 29.4 Å². The number of hydrogen-bond donors (Lipinski definition) is 0. The zero-order chi connectivity index (χ0) is 96.9. The van der Waals surface area contributed by atoms with Gasteiger partial charge in [-0.1, -0.05) is 360 Å². The maximum atomic E-state index is 2.78. The van der Waals surface area contributed by atoms with Crippen LogP contribution in [-0.2, 0) is 37.9 Å². The van der Waals surface area contributed by atoms with Crippen LogP contribution in [0.15, 0.2) is 291 Å². The molecule has 1 atom stereocenters.